The van der Waals surface area contributed by atoms with E-state index >= 15 is 0 Å². The molecule has 2 rings (SSSR count). The van der Waals surface area contributed by atoms with E-state index in [1.165, 1.54) is 11.8 Å². The molecule has 0 atom stereocenters. The minimum atomic E-state index is -0.520. The van der Waals surface area contributed by atoms with Crippen molar-refractivity contribution in [1.29, 1.82) is 0 Å². The van der Waals surface area contributed by atoms with Crippen LogP contribution in [0.5, 0.6) is 0 Å². The van der Waals surface area contributed by atoms with Gasteiger partial charge < -0.3 is 19.0 Å². The number of rotatable bonds is 9. The van der Waals surface area contributed by atoms with Gasteiger partial charge in [0.25, 0.3) is 0 Å². The van der Waals surface area contributed by atoms with Crippen LogP contribution in [-0.2, 0) is 27.7 Å². The van der Waals surface area contributed by atoms with Gasteiger partial charge in [0, 0.05) is 18.4 Å². The third-order valence-electron chi connectivity index (χ3n) is 4.00. The van der Waals surface area contributed by atoms with Crippen molar-refractivity contribution >= 4 is 29.5 Å². The Kier molecular flexibility index (Phi) is 7.38. The van der Waals surface area contributed by atoms with Gasteiger partial charge in [-0.3, -0.25) is 9.59 Å². The molecule has 0 saturated heterocycles. The summed E-state index contributed by atoms with van der Waals surface area (Å²) in [5.41, 5.74) is 1.81. The van der Waals surface area contributed by atoms with Crippen molar-refractivity contribution in [2.45, 2.75) is 39.3 Å². The topological polar surface area (TPSA) is 116 Å². The minimum Gasteiger partial charge on any atom is -0.466 e. The van der Waals surface area contributed by atoms with E-state index in [2.05, 4.69) is 15.2 Å². The molecule has 0 spiro atoms. The van der Waals surface area contributed by atoms with Gasteiger partial charge in [-0.15, -0.1) is 10.2 Å². The lowest BCUT2D eigenvalue weighted by atomic mass is 10.1. The molecular formula is C18H24N4O5S. The van der Waals surface area contributed by atoms with E-state index < -0.39 is 5.97 Å². The van der Waals surface area contributed by atoms with Crippen molar-refractivity contribution in [1.82, 2.24) is 19.7 Å². The van der Waals surface area contributed by atoms with Crippen LogP contribution in [0.3, 0.4) is 0 Å². The fourth-order valence-corrected chi connectivity index (χ4v) is 3.56. The van der Waals surface area contributed by atoms with Crippen LogP contribution in [0.25, 0.3) is 0 Å². The molecule has 9 nitrogen and oxygen atoms in total. The lowest BCUT2D eigenvalue weighted by Gasteiger charge is -2.06. The third-order valence-corrected chi connectivity index (χ3v) is 5.02. The summed E-state index contributed by atoms with van der Waals surface area (Å²) < 4.78 is 11.6. The van der Waals surface area contributed by atoms with Gasteiger partial charge in [0.2, 0.25) is 0 Å². The lowest BCUT2D eigenvalue weighted by Crippen LogP contribution is -2.14. The van der Waals surface area contributed by atoms with Gasteiger partial charge in [-0.05, 0) is 27.7 Å². The van der Waals surface area contributed by atoms with Crippen molar-refractivity contribution in [3.63, 3.8) is 0 Å². The Bertz CT molecular complexity index is 887. The molecule has 152 valence electrons. The van der Waals surface area contributed by atoms with Gasteiger partial charge in [-0.25, -0.2) is 4.79 Å². The van der Waals surface area contributed by atoms with E-state index in [9.17, 15) is 14.4 Å². The molecular weight excluding hydrogens is 384 g/mol. The van der Waals surface area contributed by atoms with E-state index in [1.807, 2.05) is 0 Å². The zero-order valence-corrected chi connectivity index (χ0v) is 17.4. The van der Waals surface area contributed by atoms with E-state index in [1.54, 1.807) is 39.3 Å². The molecule has 28 heavy (non-hydrogen) atoms. The molecule has 2 aromatic rings. The van der Waals surface area contributed by atoms with Crippen molar-refractivity contribution < 1.29 is 23.9 Å². The van der Waals surface area contributed by atoms with Crippen LogP contribution in [0.2, 0.25) is 0 Å². The molecule has 0 fully saturated rings. The van der Waals surface area contributed by atoms with E-state index in [-0.39, 0.29) is 36.1 Å². The van der Waals surface area contributed by atoms with Gasteiger partial charge in [0.15, 0.2) is 10.9 Å². The van der Waals surface area contributed by atoms with Gasteiger partial charge >= 0.3 is 11.9 Å². The summed E-state index contributed by atoms with van der Waals surface area (Å²) >= 11 is 1.18. The third kappa shape index (κ3) is 4.80. The monoisotopic (exact) mass is 408 g/mol. The van der Waals surface area contributed by atoms with Crippen LogP contribution in [-0.4, -0.2) is 56.4 Å². The molecule has 10 heteroatoms. The summed E-state index contributed by atoms with van der Waals surface area (Å²) in [6, 6.07) is 0. The number of ketones is 1. The van der Waals surface area contributed by atoms with Crippen molar-refractivity contribution in [3.8, 4) is 0 Å². The average molecular weight is 408 g/mol. The Morgan fingerprint density at radius 1 is 1.04 bits per heavy atom. The SMILES string of the molecule is CCOC(=O)Cc1nnc(SCC(=O)c2c(C)[nH]c(C)c2C(=O)OCC)n1C. The average Bonchev–Trinajstić information content (AvgIpc) is 3.12. The first-order chi connectivity index (χ1) is 13.3. The second-order valence-corrected chi connectivity index (χ2v) is 6.94. The summed E-state index contributed by atoms with van der Waals surface area (Å²) in [4.78, 5) is 39.6. The van der Waals surface area contributed by atoms with Crippen LogP contribution in [0.4, 0.5) is 0 Å². The molecule has 0 amide bonds. The van der Waals surface area contributed by atoms with Crippen LogP contribution in [0, 0.1) is 13.8 Å². The number of ether oxygens (including phenoxy) is 2. The fourth-order valence-electron chi connectivity index (χ4n) is 2.76. The highest BCUT2D eigenvalue weighted by Crippen LogP contribution is 2.24. The fraction of sp³-hybridized carbons (Fsp3) is 0.500. The number of esters is 2. The number of aryl methyl sites for hydroxylation is 2. The van der Waals surface area contributed by atoms with Crippen LogP contribution < -0.4 is 0 Å². The zero-order valence-electron chi connectivity index (χ0n) is 16.6. The number of nitrogens with one attached hydrogen (secondary N) is 1. The first kappa shape index (κ1) is 21.7. The number of hydrogen-bond acceptors (Lipinski definition) is 8. The van der Waals surface area contributed by atoms with E-state index in [0.717, 1.165) is 0 Å². The highest BCUT2D eigenvalue weighted by molar-refractivity contribution is 7.99. The van der Waals surface area contributed by atoms with Crippen molar-refractivity contribution in [2.24, 2.45) is 7.05 Å². The molecule has 0 unspecified atom stereocenters. The molecule has 0 aliphatic carbocycles. The van der Waals surface area contributed by atoms with Crippen molar-refractivity contribution in [3.05, 3.63) is 28.3 Å². The molecule has 0 radical (unpaired) electrons. The minimum absolute atomic E-state index is 0.00890. The Balaban J connectivity index is 2.12. The van der Waals surface area contributed by atoms with E-state index in [4.69, 9.17) is 9.47 Å². The number of aromatic amines is 1. The Labute approximate surface area is 167 Å². The number of hydrogen-bond donors (Lipinski definition) is 1. The molecule has 0 aliphatic heterocycles. The maximum absolute atomic E-state index is 12.8. The summed E-state index contributed by atoms with van der Waals surface area (Å²) in [6.45, 7) is 7.45. The zero-order chi connectivity index (χ0) is 20.8. The first-order valence-corrected chi connectivity index (χ1v) is 9.84. The number of carbonyl (C=O) groups is 3. The molecule has 0 saturated carbocycles. The van der Waals surface area contributed by atoms with E-state index in [0.29, 0.717) is 34.5 Å². The van der Waals surface area contributed by atoms with Crippen LogP contribution >= 0.6 is 11.8 Å². The summed E-state index contributed by atoms with van der Waals surface area (Å²) in [5, 5.41) is 8.50. The number of carbonyl (C=O) groups excluding carboxylic acids is 3. The number of H-pyrrole nitrogens is 1. The predicted molar refractivity (Wildman–Crippen MR) is 103 cm³/mol. The smallest absolute Gasteiger partial charge is 0.340 e. The Morgan fingerprint density at radius 3 is 2.32 bits per heavy atom. The molecule has 1 N–H and O–H groups in total. The number of aromatic nitrogens is 4. The number of nitrogens with zero attached hydrogens (tertiary/aromatic N) is 3. The number of Topliss-reactive ketones (excluding diaryl/α,β-unsaturated/α-hetero) is 1. The Morgan fingerprint density at radius 2 is 1.68 bits per heavy atom. The second-order valence-electron chi connectivity index (χ2n) is 6.00. The molecule has 2 heterocycles. The molecule has 0 aliphatic rings. The molecule has 2 aromatic heterocycles. The Hall–Kier alpha value is -2.62. The van der Waals surface area contributed by atoms with Gasteiger partial charge in [-0.2, -0.15) is 0 Å². The largest absolute Gasteiger partial charge is 0.466 e. The highest BCUT2D eigenvalue weighted by Gasteiger charge is 2.26. The summed E-state index contributed by atoms with van der Waals surface area (Å²) in [7, 11) is 1.72. The maximum atomic E-state index is 12.8. The standard InChI is InChI=1S/C18H24N4O5S/c1-6-26-14(24)8-13-20-21-18(22(13)5)28-9-12(23)15-10(3)19-11(4)16(15)17(25)27-7-2/h19H,6-9H2,1-5H3. The quantitative estimate of drug-likeness (QED) is 0.380. The molecule has 0 bridgehead atoms. The number of thioether (sulfide) groups is 1. The normalized spacial score (nSPS) is 10.8. The predicted octanol–water partition coefficient (Wildman–Crippen LogP) is 2.02. The maximum Gasteiger partial charge on any atom is 0.340 e. The molecule has 0 aromatic carbocycles. The summed E-state index contributed by atoms with van der Waals surface area (Å²) in [6.07, 6.45) is 0.00890. The van der Waals surface area contributed by atoms with Gasteiger partial charge in [0.1, 0.15) is 12.2 Å². The van der Waals surface area contributed by atoms with Gasteiger partial charge in [0.05, 0.1) is 30.1 Å². The summed E-state index contributed by atoms with van der Waals surface area (Å²) in [5.74, 6) is -0.606. The van der Waals surface area contributed by atoms with Gasteiger partial charge in [-0.1, -0.05) is 11.8 Å². The van der Waals surface area contributed by atoms with Crippen molar-refractivity contribution in [2.75, 3.05) is 19.0 Å². The lowest BCUT2D eigenvalue weighted by molar-refractivity contribution is -0.142. The highest BCUT2D eigenvalue weighted by atomic mass is 32.2. The van der Waals surface area contributed by atoms with Crippen LogP contribution in [0.1, 0.15) is 51.8 Å². The first-order valence-electron chi connectivity index (χ1n) is 8.86. The van der Waals surface area contributed by atoms with Crippen LogP contribution in [0.15, 0.2) is 5.16 Å². The second kappa shape index (κ2) is 9.54.